The lowest BCUT2D eigenvalue weighted by Crippen LogP contribution is -2.42. The Bertz CT molecular complexity index is 274. The molecule has 0 bridgehead atoms. The second-order valence-corrected chi connectivity index (χ2v) is 3.33. The molecule has 2 heteroatoms. The summed E-state index contributed by atoms with van der Waals surface area (Å²) < 4.78 is 2.39. The third-order valence-corrected chi connectivity index (χ3v) is 2.64. The van der Waals surface area contributed by atoms with Crippen LogP contribution in [0.5, 0.6) is 0 Å². The quantitative estimate of drug-likeness (QED) is 0.572. The standard InChI is InChI=1S/C10H15N2/c1-3-12-8(2)4-5-9-6-7-11-10(9)12/h4-7,9-11H,3H2,1-2H3/q+1. The van der Waals surface area contributed by atoms with E-state index in [1.165, 1.54) is 5.71 Å². The predicted octanol–water partition coefficient (Wildman–Crippen LogP) is 1.11. The van der Waals surface area contributed by atoms with Crippen LogP contribution in [0.2, 0.25) is 0 Å². The maximum Gasteiger partial charge on any atom is 0.235 e. The highest BCUT2D eigenvalue weighted by molar-refractivity contribution is 5.89. The van der Waals surface area contributed by atoms with E-state index in [2.05, 4.69) is 48.2 Å². The van der Waals surface area contributed by atoms with Crippen LogP contribution in [0.1, 0.15) is 13.8 Å². The molecule has 0 aromatic rings. The molecular weight excluding hydrogens is 148 g/mol. The summed E-state index contributed by atoms with van der Waals surface area (Å²) in [6.07, 6.45) is 9.22. The van der Waals surface area contributed by atoms with Crippen LogP contribution in [0.3, 0.4) is 0 Å². The maximum absolute atomic E-state index is 3.36. The summed E-state index contributed by atoms with van der Waals surface area (Å²) in [6.45, 7) is 5.43. The molecule has 0 amide bonds. The first-order chi connectivity index (χ1) is 5.83. The molecule has 2 unspecified atom stereocenters. The van der Waals surface area contributed by atoms with Gasteiger partial charge in [0.05, 0.1) is 5.92 Å². The third kappa shape index (κ3) is 0.986. The molecule has 0 radical (unpaired) electrons. The number of hydrogen-bond acceptors (Lipinski definition) is 1. The van der Waals surface area contributed by atoms with Gasteiger partial charge >= 0.3 is 0 Å². The fourth-order valence-electron chi connectivity index (χ4n) is 1.96. The highest BCUT2D eigenvalue weighted by Gasteiger charge is 2.32. The number of rotatable bonds is 1. The first kappa shape index (κ1) is 7.59. The zero-order chi connectivity index (χ0) is 8.55. The van der Waals surface area contributed by atoms with Crippen molar-refractivity contribution < 1.29 is 4.58 Å². The largest absolute Gasteiger partial charge is 0.334 e. The molecule has 2 nitrogen and oxygen atoms in total. The molecule has 1 N–H and O–H groups in total. The molecule has 2 aliphatic heterocycles. The summed E-state index contributed by atoms with van der Waals surface area (Å²) >= 11 is 0. The van der Waals surface area contributed by atoms with E-state index >= 15 is 0 Å². The average Bonchev–Trinajstić information content (AvgIpc) is 2.52. The number of hydrogen-bond donors (Lipinski definition) is 1. The Morgan fingerprint density at radius 3 is 3.08 bits per heavy atom. The zero-order valence-electron chi connectivity index (χ0n) is 7.62. The van der Waals surface area contributed by atoms with Gasteiger partial charge in [0.2, 0.25) is 6.17 Å². The second-order valence-electron chi connectivity index (χ2n) is 3.33. The van der Waals surface area contributed by atoms with Crippen molar-refractivity contribution in [1.82, 2.24) is 5.32 Å². The molecular formula is C10H15N2+. The van der Waals surface area contributed by atoms with Gasteiger partial charge in [0, 0.05) is 13.0 Å². The molecule has 0 fully saturated rings. The van der Waals surface area contributed by atoms with E-state index in [4.69, 9.17) is 0 Å². The van der Waals surface area contributed by atoms with E-state index in [9.17, 15) is 0 Å². The topological polar surface area (TPSA) is 15.0 Å². The van der Waals surface area contributed by atoms with E-state index in [0.29, 0.717) is 12.1 Å². The zero-order valence-corrected chi connectivity index (χ0v) is 7.62. The van der Waals surface area contributed by atoms with Gasteiger partial charge in [0.15, 0.2) is 5.71 Å². The van der Waals surface area contributed by atoms with E-state index < -0.39 is 0 Å². The van der Waals surface area contributed by atoms with Crippen LogP contribution in [0, 0.1) is 5.92 Å². The molecule has 2 atom stereocenters. The SMILES string of the molecule is CC[N+]1=C(C)C=CC2C=CNC21. The van der Waals surface area contributed by atoms with Gasteiger partial charge in [-0.2, -0.15) is 0 Å². The summed E-state index contributed by atoms with van der Waals surface area (Å²) in [5.74, 6) is 0.564. The Balaban J connectivity index is 2.32. The van der Waals surface area contributed by atoms with Gasteiger partial charge in [0.25, 0.3) is 0 Å². The molecule has 0 saturated heterocycles. The normalized spacial score (nSPS) is 32.2. The first-order valence-electron chi connectivity index (χ1n) is 4.54. The minimum atomic E-state index is 0.472. The van der Waals surface area contributed by atoms with Crippen LogP contribution >= 0.6 is 0 Å². The average molecular weight is 163 g/mol. The molecule has 0 aromatic carbocycles. The molecule has 64 valence electrons. The van der Waals surface area contributed by atoms with Crippen LogP contribution in [0.15, 0.2) is 24.4 Å². The predicted molar refractivity (Wildman–Crippen MR) is 50.2 cm³/mol. The maximum atomic E-state index is 3.36. The molecule has 2 rings (SSSR count). The minimum Gasteiger partial charge on any atom is -0.334 e. The number of fused-ring (bicyclic) bond motifs is 1. The summed E-state index contributed by atoms with van der Waals surface area (Å²) in [5.41, 5.74) is 1.36. The van der Waals surface area contributed by atoms with E-state index in [-0.39, 0.29) is 0 Å². The highest BCUT2D eigenvalue weighted by atomic mass is 15.2. The lowest BCUT2D eigenvalue weighted by atomic mass is 10.0. The van der Waals surface area contributed by atoms with Crippen LogP contribution in [0.4, 0.5) is 0 Å². The van der Waals surface area contributed by atoms with Crippen molar-refractivity contribution in [3.63, 3.8) is 0 Å². The second kappa shape index (κ2) is 2.77. The molecule has 0 saturated carbocycles. The Labute approximate surface area is 73.3 Å². The van der Waals surface area contributed by atoms with E-state index in [0.717, 1.165) is 6.54 Å². The van der Waals surface area contributed by atoms with Crippen LogP contribution < -0.4 is 5.32 Å². The van der Waals surface area contributed by atoms with Crippen molar-refractivity contribution in [2.75, 3.05) is 6.54 Å². The molecule has 12 heavy (non-hydrogen) atoms. The molecule has 0 spiro atoms. The Hall–Kier alpha value is -1.05. The number of nitrogens with one attached hydrogen (secondary N) is 1. The summed E-state index contributed by atoms with van der Waals surface area (Å²) in [5, 5.41) is 3.36. The van der Waals surface area contributed by atoms with Gasteiger partial charge in [-0.15, -0.1) is 0 Å². The monoisotopic (exact) mass is 163 g/mol. The Morgan fingerprint density at radius 1 is 1.50 bits per heavy atom. The van der Waals surface area contributed by atoms with E-state index in [1.807, 2.05) is 0 Å². The van der Waals surface area contributed by atoms with Gasteiger partial charge in [-0.1, -0.05) is 12.2 Å². The Morgan fingerprint density at radius 2 is 2.33 bits per heavy atom. The summed E-state index contributed by atoms with van der Waals surface area (Å²) in [6, 6.07) is 0. The minimum absolute atomic E-state index is 0.472. The van der Waals surface area contributed by atoms with Gasteiger partial charge in [-0.25, -0.2) is 4.58 Å². The molecule has 0 aliphatic carbocycles. The van der Waals surface area contributed by atoms with Crippen molar-refractivity contribution in [2.45, 2.75) is 20.0 Å². The first-order valence-corrected chi connectivity index (χ1v) is 4.54. The van der Waals surface area contributed by atoms with Gasteiger partial charge in [-0.05, 0) is 13.1 Å². The van der Waals surface area contributed by atoms with Gasteiger partial charge in [0.1, 0.15) is 6.54 Å². The molecule has 2 heterocycles. The van der Waals surface area contributed by atoms with Crippen LogP contribution in [-0.4, -0.2) is 23.0 Å². The summed E-state index contributed by atoms with van der Waals surface area (Å²) in [4.78, 5) is 0. The van der Waals surface area contributed by atoms with Gasteiger partial charge < -0.3 is 5.32 Å². The van der Waals surface area contributed by atoms with Crippen molar-refractivity contribution >= 4 is 5.71 Å². The molecule has 2 aliphatic rings. The molecule has 0 aromatic heterocycles. The fourth-order valence-corrected chi connectivity index (χ4v) is 1.96. The summed E-state index contributed by atoms with van der Waals surface area (Å²) in [7, 11) is 0. The highest BCUT2D eigenvalue weighted by Crippen LogP contribution is 2.18. The van der Waals surface area contributed by atoms with Crippen molar-refractivity contribution in [1.29, 1.82) is 0 Å². The lowest BCUT2D eigenvalue weighted by molar-refractivity contribution is -0.572. The van der Waals surface area contributed by atoms with Crippen molar-refractivity contribution in [3.05, 3.63) is 24.4 Å². The van der Waals surface area contributed by atoms with Crippen molar-refractivity contribution in [3.8, 4) is 0 Å². The number of nitrogens with zero attached hydrogens (tertiary/aromatic N) is 1. The van der Waals surface area contributed by atoms with E-state index in [1.54, 1.807) is 0 Å². The van der Waals surface area contributed by atoms with Gasteiger partial charge in [-0.3, -0.25) is 0 Å². The Kier molecular flexibility index (Phi) is 1.75. The third-order valence-electron chi connectivity index (χ3n) is 2.64. The van der Waals surface area contributed by atoms with Crippen LogP contribution in [-0.2, 0) is 0 Å². The smallest absolute Gasteiger partial charge is 0.235 e. The van der Waals surface area contributed by atoms with Crippen molar-refractivity contribution in [2.24, 2.45) is 5.92 Å². The lowest BCUT2D eigenvalue weighted by Gasteiger charge is -2.19. The van der Waals surface area contributed by atoms with Crippen LogP contribution in [0.25, 0.3) is 0 Å². The fraction of sp³-hybridized carbons (Fsp3) is 0.500. The number of allylic oxidation sites excluding steroid dienone is 1.